The first-order chi connectivity index (χ1) is 12.2. The van der Waals surface area contributed by atoms with Gasteiger partial charge in [0.1, 0.15) is 5.69 Å². The third kappa shape index (κ3) is 3.28. The molecule has 5 heteroatoms. The number of carbonyl (C=O) groups excluding carboxylic acids is 2. The lowest BCUT2D eigenvalue weighted by molar-refractivity contribution is -0.137. The van der Waals surface area contributed by atoms with Gasteiger partial charge in [-0.15, -0.1) is 0 Å². The normalized spacial score (nSPS) is 21.5. The van der Waals surface area contributed by atoms with Gasteiger partial charge in [0.15, 0.2) is 0 Å². The number of fused-ring (bicyclic) bond motifs is 1. The molecular formula is C20H25N3O2. The molecule has 2 amide bonds. The zero-order valence-electron chi connectivity index (χ0n) is 14.5. The molecule has 1 N–H and O–H groups in total. The standard InChI is InChI=1S/C20H25N3O2/c24-19(22-10-4-1-5-11-22)16-8-6-12-23(14-16)20(25)18-13-15-7-2-3-9-17(15)21-18/h2-3,7,9,13,16,21H,1,4-6,8,10-12,14H2. The first kappa shape index (κ1) is 16.2. The Hall–Kier alpha value is -2.30. The maximum absolute atomic E-state index is 12.9. The molecule has 0 spiro atoms. The largest absolute Gasteiger partial charge is 0.351 e. The summed E-state index contributed by atoms with van der Waals surface area (Å²) in [5.41, 5.74) is 1.59. The molecule has 1 aromatic heterocycles. The second-order valence-electron chi connectivity index (χ2n) is 7.25. The Morgan fingerprint density at radius 2 is 1.72 bits per heavy atom. The van der Waals surface area contributed by atoms with Crippen LogP contribution in [0, 0.1) is 5.92 Å². The summed E-state index contributed by atoms with van der Waals surface area (Å²) in [5.74, 6) is 0.210. The highest BCUT2D eigenvalue weighted by molar-refractivity contribution is 5.98. The van der Waals surface area contributed by atoms with E-state index in [0.29, 0.717) is 12.2 Å². The lowest BCUT2D eigenvalue weighted by atomic mass is 9.95. The van der Waals surface area contributed by atoms with Gasteiger partial charge in [-0.05, 0) is 44.2 Å². The number of likely N-dealkylation sites (tertiary alicyclic amines) is 2. The summed E-state index contributed by atoms with van der Waals surface area (Å²) in [6, 6.07) is 9.82. The van der Waals surface area contributed by atoms with Crippen molar-refractivity contribution in [1.82, 2.24) is 14.8 Å². The van der Waals surface area contributed by atoms with Crippen molar-refractivity contribution in [2.45, 2.75) is 32.1 Å². The number of carbonyl (C=O) groups is 2. The minimum absolute atomic E-state index is 0.00680. The van der Waals surface area contributed by atoms with E-state index in [9.17, 15) is 9.59 Å². The van der Waals surface area contributed by atoms with E-state index >= 15 is 0 Å². The number of hydrogen-bond donors (Lipinski definition) is 1. The monoisotopic (exact) mass is 339 g/mol. The molecule has 0 saturated carbocycles. The number of aromatic amines is 1. The second kappa shape index (κ2) is 6.90. The van der Waals surface area contributed by atoms with Crippen molar-refractivity contribution in [3.8, 4) is 0 Å². The van der Waals surface area contributed by atoms with Crippen molar-refractivity contribution in [2.24, 2.45) is 5.92 Å². The topological polar surface area (TPSA) is 56.4 Å². The Labute approximate surface area is 148 Å². The fourth-order valence-electron chi connectivity index (χ4n) is 4.09. The van der Waals surface area contributed by atoms with Crippen molar-refractivity contribution in [3.63, 3.8) is 0 Å². The van der Waals surface area contributed by atoms with Crippen molar-refractivity contribution in [3.05, 3.63) is 36.0 Å². The highest BCUT2D eigenvalue weighted by Crippen LogP contribution is 2.23. The van der Waals surface area contributed by atoms with Crippen LogP contribution in [0.15, 0.2) is 30.3 Å². The number of piperidine rings is 2. The predicted octanol–water partition coefficient (Wildman–Crippen LogP) is 3.03. The van der Waals surface area contributed by atoms with Crippen LogP contribution in [-0.4, -0.2) is 52.8 Å². The first-order valence-electron chi connectivity index (χ1n) is 9.38. The Bertz CT molecular complexity index is 743. The fraction of sp³-hybridized carbons (Fsp3) is 0.500. The molecule has 2 aromatic rings. The minimum Gasteiger partial charge on any atom is -0.351 e. The molecule has 1 unspecified atom stereocenters. The third-order valence-electron chi connectivity index (χ3n) is 5.49. The van der Waals surface area contributed by atoms with Gasteiger partial charge in [-0.25, -0.2) is 0 Å². The van der Waals surface area contributed by atoms with Crippen LogP contribution in [0.3, 0.4) is 0 Å². The van der Waals surface area contributed by atoms with Gasteiger partial charge in [-0.3, -0.25) is 9.59 Å². The van der Waals surface area contributed by atoms with Crippen molar-refractivity contribution < 1.29 is 9.59 Å². The average molecular weight is 339 g/mol. The maximum atomic E-state index is 12.9. The SMILES string of the molecule is O=C(c1cc2ccccc2[nH]1)N1CCCC(C(=O)N2CCCCC2)C1. The number of hydrogen-bond acceptors (Lipinski definition) is 2. The van der Waals surface area contributed by atoms with Crippen LogP contribution >= 0.6 is 0 Å². The summed E-state index contributed by atoms with van der Waals surface area (Å²) in [5, 5.41) is 1.05. The van der Waals surface area contributed by atoms with Gasteiger partial charge < -0.3 is 14.8 Å². The summed E-state index contributed by atoms with van der Waals surface area (Å²) < 4.78 is 0. The van der Waals surface area contributed by atoms with E-state index in [2.05, 4.69) is 4.98 Å². The molecule has 2 saturated heterocycles. The van der Waals surface area contributed by atoms with E-state index in [1.165, 1.54) is 6.42 Å². The van der Waals surface area contributed by atoms with Gasteiger partial charge in [0.25, 0.3) is 5.91 Å². The number of amides is 2. The van der Waals surface area contributed by atoms with E-state index in [1.54, 1.807) is 0 Å². The smallest absolute Gasteiger partial charge is 0.270 e. The molecule has 2 aliphatic heterocycles. The fourth-order valence-corrected chi connectivity index (χ4v) is 4.09. The lowest BCUT2D eigenvalue weighted by Gasteiger charge is -2.36. The van der Waals surface area contributed by atoms with Crippen LogP contribution in [0.2, 0.25) is 0 Å². The number of aromatic nitrogens is 1. The molecule has 0 aliphatic carbocycles. The van der Waals surface area contributed by atoms with E-state index in [4.69, 9.17) is 0 Å². The van der Waals surface area contributed by atoms with Crippen molar-refractivity contribution >= 4 is 22.7 Å². The minimum atomic E-state index is -0.0415. The van der Waals surface area contributed by atoms with Gasteiger partial charge in [0.05, 0.1) is 5.92 Å². The molecule has 132 valence electrons. The molecule has 0 radical (unpaired) electrons. The van der Waals surface area contributed by atoms with Gasteiger partial charge >= 0.3 is 0 Å². The number of benzene rings is 1. The van der Waals surface area contributed by atoms with Crippen molar-refractivity contribution in [2.75, 3.05) is 26.2 Å². The molecular weight excluding hydrogens is 314 g/mol. The maximum Gasteiger partial charge on any atom is 0.270 e. The summed E-state index contributed by atoms with van der Waals surface area (Å²) in [4.78, 5) is 32.7. The van der Waals surface area contributed by atoms with Crippen LogP contribution in [0.5, 0.6) is 0 Å². The lowest BCUT2D eigenvalue weighted by Crippen LogP contribution is -2.48. The highest BCUT2D eigenvalue weighted by Gasteiger charge is 2.32. The average Bonchev–Trinajstić information content (AvgIpc) is 3.12. The summed E-state index contributed by atoms with van der Waals surface area (Å²) in [7, 11) is 0. The van der Waals surface area contributed by atoms with E-state index in [0.717, 1.165) is 56.2 Å². The Morgan fingerprint density at radius 1 is 0.960 bits per heavy atom. The molecule has 2 fully saturated rings. The van der Waals surface area contributed by atoms with Crippen LogP contribution in [0.4, 0.5) is 0 Å². The van der Waals surface area contributed by atoms with Gasteiger partial charge in [-0.2, -0.15) is 0 Å². The quantitative estimate of drug-likeness (QED) is 0.914. The zero-order chi connectivity index (χ0) is 17.2. The number of nitrogens with one attached hydrogen (secondary N) is 1. The number of rotatable bonds is 2. The molecule has 3 heterocycles. The zero-order valence-corrected chi connectivity index (χ0v) is 14.5. The number of H-pyrrole nitrogens is 1. The van der Waals surface area contributed by atoms with Gasteiger partial charge in [0, 0.05) is 37.1 Å². The number of para-hydroxylation sites is 1. The molecule has 25 heavy (non-hydrogen) atoms. The van der Waals surface area contributed by atoms with Crippen LogP contribution in [-0.2, 0) is 4.79 Å². The number of nitrogens with zero attached hydrogens (tertiary/aromatic N) is 2. The van der Waals surface area contributed by atoms with Gasteiger partial charge in [0.2, 0.25) is 5.91 Å². The molecule has 4 rings (SSSR count). The highest BCUT2D eigenvalue weighted by atomic mass is 16.2. The van der Waals surface area contributed by atoms with Gasteiger partial charge in [-0.1, -0.05) is 18.2 Å². The van der Waals surface area contributed by atoms with E-state index in [1.807, 2.05) is 40.1 Å². The Morgan fingerprint density at radius 3 is 2.52 bits per heavy atom. The van der Waals surface area contributed by atoms with E-state index in [-0.39, 0.29) is 17.7 Å². The Kier molecular flexibility index (Phi) is 4.47. The predicted molar refractivity (Wildman–Crippen MR) is 97.4 cm³/mol. The Balaban J connectivity index is 1.46. The van der Waals surface area contributed by atoms with Crippen LogP contribution in [0.1, 0.15) is 42.6 Å². The first-order valence-corrected chi connectivity index (χ1v) is 9.38. The van der Waals surface area contributed by atoms with Crippen LogP contribution in [0.25, 0.3) is 10.9 Å². The molecule has 1 atom stereocenters. The summed E-state index contributed by atoms with van der Waals surface area (Å²) in [6.07, 6.45) is 5.23. The van der Waals surface area contributed by atoms with Crippen molar-refractivity contribution in [1.29, 1.82) is 0 Å². The molecule has 0 bridgehead atoms. The second-order valence-corrected chi connectivity index (χ2v) is 7.25. The summed E-state index contributed by atoms with van der Waals surface area (Å²) in [6.45, 7) is 3.04. The van der Waals surface area contributed by atoms with E-state index < -0.39 is 0 Å². The summed E-state index contributed by atoms with van der Waals surface area (Å²) >= 11 is 0. The van der Waals surface area contributed by atoms with Crippen LogP contribution < -0.4 is 0 Å². The molecule has 2 aliphatic rings. The molecule has 5 nitrogen and oxygen atoms in total. The third-order valence-corrected chi connectivity index (χ3v) is 5.49. The molecule has 1 aromatic carbocycles.